The molecule has 0 saturated carbocycles. The normalized spacial score (nSPS) is 20.0. The lowest BCUT2D eigenvalue weighted by molar-refractivity contribution is 0.0459. The van der Waals surface area contributed by atoms with E-state index in [9.17, 15) is 5.11 Å². The number of β-amino-alcohol motifs (C(OH)–C–C–N with tert-alkyl or cyclic N) is 1. The summed E-state index contributed by atoms with van der Waals surface area (Å²) in [4.78, 5) is 2.33. The van der Waals surface area contributed by atoms with Crippen LogP contribution in [0.25, 0.3) is 0 Å². The maximum absolute atomic E-state index is 11.0. The van der Waals surface area contributed by atoms with E-state index in [1.165, 1.54) is 0 Å². The Morgan fingerprint density at radius 3 is 2.56 bits per heavy atom. The molecule has 25 heavy (non-hydrogen) atoms. The lowest BCUT2D eigenvalue weighted by Crippen LogP contribution is -2.31. The van der Waals surface area contributed by atoms with Crippen molar-refractivity contribution in [3.05, 3.63) is 65.7 Å². The van der Waals surface area contributed by atoms with Crippen molar-refractivity contribution in [1.82, 2.24) is 4.90 Å². The third-order valence-electron chi connectivity index (χ3n) is 4.49. The summed E-state index contributed by atoms with van der Waals surface area (Å²) in [6, 6.07) is 18.0. The minimum atomic E-state index is -0.749. The SMILES string of the molecule is CC.CCCN1CCC(O)(c2cccc(OCc3ccccc3)c2)C1. The molecule has 0 amide bonds. The lowest BCUT2D eigenvalue weighted by atomic mass is 9.93. The van der Waals surface area contributed by atoms with Crippen LogP contribution in [0, 0.1) is 0 Å². The molecule has 2 aromatic carbocycles. The second kappa shape index (κ2) is 9.59. The van der Waals surface area contributed by atoms with E-state index in [1.807, 2.05) is 56.3 Å². The Kier molecular flexibility index (Phi) is 7.48. The van der Waals surface area contributed by atoms with Gasteiger partial charge in [0.1, 0.15) is 18.0 Å². The fraction of sp³-hybridized carbons (Fsp3) is 0.455. The van der Waals surface area contributed by atoms with E-state index in [2.05, 4.69) is 24.0 Å². The highest BCUT2D eigenvalue weighted by Crippen LogP contribution is 2.33. The van der Waals surface area contributed by atoms with Gasteiger partial charge in [-0.2, -0.15) is 0 Å². The Morgan fingerprint density at radius 1 is 1.08 bits per heavy atom. The Labute approximate surface area is 152 Å². The molecule has 0 radical (unpaired) electrons. The number of nitrogens with zero attached hydrogens (tertiary/aromatic N) is 1. The maximum atomic E-state index is 11.0. The molecule has 3 heteroatoms. The first-order valence-corrected chi connectivity index (χ1v) is 9.41. The van der Waals surface area contributed by atoms with Crippen molar-refractivity contribution in [3.8, 4) is 5.75 Å². The van der Waals surface area contributed by atoms with E-state index in [0.717, 1.165) is 42.8 Å². The summed E-state index contributed by atoms with van der Waals surface area (Å²) in [7, 11) is 0. The fourth-order valence-electron chi connectivity index (χ4n) is 3.23. The van der Waals surface area contributed by atoms with Gasteiger partial charge in [-0.05, 0) is 42.6 Å². The number of likely N-dealkylation sites (tertiary alicyclic amines) is 1. The summed E-state index contributed by atoms with van der Waals surface area (Å²) in [5.41, 5.74) is 1.36. The standard InChI is InChI=1S/C20H25NO2.C2H6/c1-2-12-21-13-11-20(22,16-21)18-9-6-10-19(14-18)23-15-17-7-4-3-5-8-17;1-2/h3-10,14,22H,2,11-13,15-16H2,1H3;1-2H3. The average Bonchev–Trinajstić information content (AvgIpc) is 3.05. The Bertz CT molecular complexity index is 629. The smallest absolute Gasteiger partial charge is 0.120 e. The zero-order valence-corrected chi connectivity index (χ0v) is 15.7. The number of hydrogen-bond acceptors (Lipinski definition) is 3. The number of hydrogen-bond donors (Lipinski definition) is 1. The topological polar surface area (TPSA) is 32.7 Å². The van der Waals surface area contributed by atoms with E-state index >= 15 is 0 Å². The first-order valence-electron chi connectivity index (χ1n) is 9.41. The molecule has 3 nitrogen and oxygen atoms in total. The van der Waals surface area contributed by atoms with Crippen LogP contribution in [0.5, 0.6) is 5.75 Å². The second-order valence-corrected chi connectivity index (χ2v) is 6.36. The quantitative estimate of drug-likeness (QED) is 0.834. The maximum Gasteiger partial charge on any atom is 0.120 e. The molecule has 0 bridgehead atoms. The highest BCUT2D eigenvalue weighted by Gasteiger charge is 2.37. The highest BCUT2D eigenvalue weighted by molar-refractivity contribution is 5.33. The molecule has 136 valence electrons. The number of aliphatic hydroxyl groups is 1. The van der Waals surface area contributed by atoms with E-state index in [0.29, 0.717) is 13.2 Å². The van der Waals surface area contributed by atoms with Gasteiger partial charge >= 0.3 is 0 Å². The molecule has 0 aromatic heterocycles. The van der Waals surface area contributed by atoms with Crippen LogP contribution in [-0.2, 0) is 12.2 Å². The van der Waals surface area contributed by atoms with Crippen LogP contribution < -0.4 is 4.74 Å². The number of ether oxygens (including phenoxy) is 1. The molecule has 1 fully saturated rings. The van der Waals surface area contributed by atoms with Gasteiger partial charge in [0.15, 0.2) is 0 Å². The minimum absolute atomic E-state index is 0.546. The Hall–Kier alpha value is -1.84. The summed E-state index contributed by atoms with van der Waals surface area (Å²) in [5.74, 6) is 0.814. The zero-order valence-electron chi connectivity index (χ0n) is 15.7. The summed E-state index contributed by atoms with van der Waals surface area (Å²) >= 11 is 0. The van der Waals surface area contributed by atoms with Crippen molar-refractivity contribution < 1.29 is 9.84 Å². The fourth-order valence-corrected chi connectivity index (χ4v) is 3.23. The van der Waals surface area contributed by atoms with Crippen LogP contribution >= 0.6 is 0 Å². The van der Waals surface area contributed by atoms with Crippen molar-refractivity contribution >= 4 is 0 Å². The van der Waals surface area contributed by atoms with Gasteiger partial charge in [-0.1, -0.05) is 63.2 Å². The largest absolute Gasteiger partial charge is 0.489 e. The van der Waals surface area contributed by atoms with Crippen molar-refractivity contribution in [3.63, 3.8) is 0 Å². The summed E-state index contributed by atoms with van der Waals surface area (Å²) in [6.45, 7) is 9.44. The molecule has 1 unspecified atom stereocenters. The number of rotatable bonds is 6. The van der Waals surface area contributed by atoms with Crippen LogP contribution in [0.4, 0.5) is 0 Å². The van der Waals surface area contributed by atoms with E-state index in [4.69, 9.17) is 4.74 Å². The second-order valence-electron chi connectivity index (χ2n) is 6.36. The molecular formula is C22H31NO2. The van der Waals surface area contributed by atoms with Crippen molar-refractivity contribution in [1.29, 1.82) is 0 Å². The van der Waals surface area contributed by atoms with Crippen LogP contribution in [0.2, 0.25) is 0 Å². The van der Waals surface area contributed by atoms with Crippen molar-refractivity contribution in [2.24, 2.45) is 0 Å². The molecule has 1 saturated heterocycles. The molecule has 1 aliphatic heterocycles. The van der Waals surface area contributed by atoms with Gasteiger partial charge in [0.2, 0.25) is 0 Å². The first-order chi connectivity index (χ1) is 12.2. The molecule has 2 aromatic rings. The van der Waals surface area contributed by atoms with Crippen LogP contribution in [0.3, 0.4) is 0 Å². The highest BCUT2D eigenvalue weighted by atomic mass is 16.5. The van der Waals surface area contributed by atoms with Crippen molar-refractivity contribution in [2.45, 2.75) is 45.8 Å². The van der Waals surface area contributed by atoms with Gasteiger partial charge in [0.25, 0.3) is 0 Å². The third kappa shape index (κ3) is 5.32. The van der Waals surface area contributed by atoms with Gasteiger partial charge < -0.3 is 14.7 Å². The molecule has 0 aliphatic carbocycles. The van der Waals surface area contributed by atoms with Crippen LogP contribution in [0.15, 0.2) is 54.6 Å². The number of benzene rings is 2. The van der Waals surface area contributed by atoms with E-state index < -0.39 is 5.60 Å². The zero-order chi connectivity index (χ0) is 18.1. The van der Waals surface area contributed by atoms with E-state index in [-0.39, 0.29) is 0 Å². The van der Waals surface area contributed by atoms with E-state index in [1.54, 1.807) is 0 Å². The lowest BCUT2D eigenvalue weighted by Gasteiger charge is -2.24. The molecule has 1 N–H and O–H groups in total. The van der Waals surface area contributed by atoms with Crippen LogP contribution in [-0.4, -0.2) is 29.6 Å². The molecule has 1 atom stereocenters. The minimum Gasteiger partial charge on any atom is -0.489 e. The molecule has 1 aliphatic rings. The Morgan fingerprint density at radius 2 is 1.84 bits per heavy atom. The Balaban J connectivity index is 0.00000109. The average molecular weight is 341 g/mol. The summed E-state index contributed by atoms with van der Waals surface area (Å²) in [5, 5.41) is 11.0. The van der Waals surface area contributed by atoms with Gasteiger partial charge in [0.05, 0.1) is 0 Å². The van der Waals surface area contributed by atoms with Gasteiger partial charge in [0, 0.05) is 13.1 Å². The predicted octanol–water partition coefficient (Wildman–Crippen LogP) is 4.60. The molecule has 1 heterocycles. The molecule has 0 spiro atoms. The summed E-state index contributed by atoms with van der Waals surface area (Å²) in [6.07, 6.45) is 1.91. The third-order valence-corrected chi connectivity index (χ3v) is 4.49. The summed E-state index contributed by atoms with van der Waals surface area (Å²) < 4.78 is 5.89. The van der Waals surface area contributed by atoms with Gasteiger partial charge in [-0.15, -0.1) is 0 Å². The predicted molar refractivity (Wildman–Crippen MR) is 104 cm³/mol. The molecular weight excluding hydrogens is 310 g/mol. The van der Waals surface area contributed by atoms with Gasteiger partial charge in [-0.3, -0.25) is 0 Å². The first kappa shape index (κ1) is 19.5. The van der Waals surface area contributed by atoms with Gasteiger partial charge in [-0.25, -0.2) is 0 Å². The van der Waals surface area contributed by atoms with Crippen LogP contribution in [0.1, 0.15) is 44.7 Å². The van der Waals surface area contributed by atoms with Crippen molar-refractivity contribution in [2.75, 3.05) is 19.6 Å². The molecule has 3 rings (SSSR count). The monoisotopic (exact) mass is 341 g/mol.